The van der Waals surface area contributed by atoms with Gasteiger partial charge in [0, 0.05) is 0 Å². The standard InChI is InChI=1S/C18H21NO4S/c1-13-8-10-15(11-9-13)12-24(21,22)14(2)18(20)19-16-6-4-5-7-17(16)23-3/h4-11,14H,12H2,1-3H3,(H,19,20)/t14-/m0/s1. The Balaban J connectivity index is 2.12. The SMILES string of the molecule is COc1ccccc1NC(=O)[C@H](C)S(=O)(=O)Cc1ccc(C)cc1. The van der Waals surface area contributed by atoms with Crippen molar-refractivity contribution in [3.05, 3.63) is 59.7 Å². The van der Waals surface area contributed by atoms with Gasteiger partial charge in [-0.2, -0.15) is 0 Å². The van der Waals surface area contributed by atoms with Gasteiger partial charge in [-0.15, -0.1) is 0 Å². The Morgan fingerprint density at radius 3 is 2.38 bits per heavy atom. The van der Waals surface area contributed by atoms with E-state index in [4.69, 9.17) is 4.74 Å². The molecule has 0 radical (unpaired) electrons. The molecule has 0 bridgehead atoms. The van der Waals surface area contributed by atoms with Gasteiger partial charge >= 0.3 is 0 Å². The monoisotopic (exact) mass is 347 g/mol. The maximum absolute atomic E-state index is 12.5. The zero-order valence-electron chi connectivity index (χ0n) is 13.9. The third kappa shape index (κ3) is 4.35. The smallest absolute Gasteiger partial charge is 0.242 e. The van der Waals surface area contributed by atoms with E-state index in [0.29, 0.717) is 17.0 Å². The number of sulfone groups is 1. The Morgan fingerprint density at radius 1 is 1.12 bits per heavy atom. The van der Waals surface area contributed by atoms with Crippen LogP contribution in [0.5, 0.6) is 5.75 Å². The van der Waals surface area contributed by atoms with Crippen molar-refractivity contribution in [2.75, 3.05) is 12.4 Å². The molecular weight excluding hydrogens is 326 g/mol. The number of ether oxygens (including phenoxy) is 1. The summed E-state index contributed by atoms with van der Waals surface area (Å²) in [6.07, 6.45) is 0. The van der Waals surface area contributed by atoms with Crippen molar-refractivity contribution in [2.24, 2.45) is 0 Å². The number of benzene rings is 2. The first kappa shape index (κ1) is 18.0. The lowest BCUT2D eigenvalue weighted by Gasteiger charge is -2.15. The summed E-state index contributed by atoms with van der Waals surface area (Å²) in [5.74, 6) is -0.269. The van der Waals surface area contributed by atoms with Crippen LogP contribution in [0.25, 0.3) is 0 Å². The molecule has 1 N–H and O–H groups in total. The van der Waals surface area contributed by atoms with Crippen molar-refractivity contribution in [1.82, 2.24) is 0 Å². The molecule has 2 aromatic rings. The molecule has 1 atom stereocenters. The van der Waals surface area contributed by atoms with Crippen molar-refractivity contribution in [3.8, 4) is 5.75 Å². The van der Waals surface area contributed by atoms with Crippen LogP contribution in [0, 0.1) is 6.92 Å². The molecule has 0 saturated carbocycles. The highest BCUT2D eigenvalue weighted by molar-refractivity contribution is 7.92. The summed E-state index contributed by atoms with van der Waals surface area (Å²) in [4.78, 5) is 12.3. The van der Waals surface area contributed by atoms with Crippen LogP contribution in [0.1, 0.15) is 18.1 Å². The zero-order chi connectivity index (χ0) is 17.7. The van der Waals surface area contributed by atoms with Gasteiger partial charge in [0.1, 0.15) is 11.0 Å². The Kier molecular flexibility index (Phi) is 5.62. The number of rotatable bonds is 6. The van der Waals surface area contributed by atoms with Crippen LogP contribution in [0.4, 0.5) is 5.69 Å². The van der Waals surface area contributed by atoms with E-state index in [-0.39, 0.29) is 5.75 Å². The summed E-state index contributed by atoms with van der Waals surface area (Å²) in [6, 6.07) is 14.1. The predicted molar refractivity (Wildman–Crippen MR) is 94.9 cm³/mol. The van der Waals surface area contributed by atoms with E-state index in [0.717, 1.165) is 5.56 Å². The molecule has 5 nitrogen and oxygen atoms in total. The summed E-state index contributed by atoms with van der Waals surface area (Å²) < 4.78 is 30.1. The number of para-hydroxylation sites is 2. The number of carbonyl (C=O) groups excluding carboxylic acids is 1. The maximum atomic E-state index is 12.5. The number of hydrogen-bond acceptors (Lipinski definition) is 4. The second-order valence-corrected chi connectivity index (χ2v) is 7.95. The Hall–Kier alpha value is -2.34. The molecule has 24 heavy (non-hydrogen) atoms. The van der Waals surface area contributed by atoms with Gasteiger partial charge in [0.25, 0.3) is 0 Å². The van der Waals surface area contributed by atoms with Gasteiger partial charge in [0.2, 0.25) is 5.91 Å². The Labute approximate surface area is 142 Å². The van der Waals surface area contributed by atoms with Crippen molar-refractivity contribution < 1.29 is 17.9 Å². The van der Waals surface area contributed by atoms with Crippen molar-refractivity contribution in [3.63, 3.8) is 0 Å². The molecule has 0 unspecified atom stereocenters. The van der Waals surface area contributed by atoms with E-state index in [9.17, 15) is 13.2 Å². The zero-order valence-corrected chi connectivity index (χ0v) is 14.8. The fourth-order valence-corrected chi connectivity index (χ4v) is 3.48. The van der Waals surface area contributed by atoms with Crippen molar-refractivity contribution in [2.45, 2.75) is 24.9 Å². The second kappa shape index (κ2) is 7.49. The van der Waals surface area contributed by atoms with Crippen LogP contribution in [-0.4, -0.2) is 26.7 Å². The van der Waals surface area contributed by atoms with Crippen molar-refractivity contribution in [1.29, 1.82) is 0 Å². The van der Waals surface area contributed by atoms with Gasteiger partial charge in [-0.1, -0.05) is 42.0 Å². The number of anilines is 1. The van der Waals surface area contributed by atoms with E-state index in [1.165, 1.54) is 14.0 Å². The first-order valence-corrected chi connectivity index (χ1v) is 9.26. The number of nitrogens with one attached hydrogen (secondary N) is 1. The summed E-state index contributed by atoms with van der Waals surface area (Å²) >= 11 is 0. The molecule has 1 amide bonds. The van der Waals surface area contributed by atoms with E-state index in [1.54, 1.807) is 36.4 Å². The highest BCUT2D eigenvalue weighted by atomic mass is 32.2. The largest absolute Gasteiger partial charge is 0.495 e. The minimum atomic E-state index is -3.62. The third-order valence-corrected chi connectivity index (χ3v) is 5.79. The van der Waals surface area contributed by atoms with E-state index in [1.807, 2.05) is 19.1 Å². The number of methoxy groups -OCH3 is 1. The molecular formula is C18H21NO4S. The lowest BCUT2D eigenvalue weighted by atomic mass is 10.2. The molecule has 128 valence electrons. The number of amides is 1. The topological polar surface area (TPSA) is 72.5 Å². The van der Waals surface area contributed by atoms with E-state index < -0.39 is 21.0 Å². The van der Waals surface area contributed by atoms with E-state index >= 15 is 0 Å². The molecule has 6 heteroatoms. The molecule has 0 spiro atoms. The minimum Gasteiger partial charge on any atom is -0.495 e. The van der Waals surface area contributed by atoms with E-state index in [2.05, 4.69) is 5.32 Å². The fraction of sp³-hybridized carbons (Fsp3) is 0.278. The quantitative estimate of drug-likeness (QED) is 0.872. The van der Waals surface area contributed by atoms with Crippen LogP contribution >= 0.6 is 0 Å². The number of hydrogen-bond donors (Lipinski definition) is 1. The second-order valence-electron chi connectivity index (χ2n) is 5.62. The normalized spacial score (nSPS) is 12.5. The molecule has 0 aliphatic carbocycles. The van der Waals surface area contributed by atoms with Crippen LogP contribution in [0.2, 0.25) is 0 Å². The Bertz CT molecular complexity index is 813. The average Bonchev–Trinajstić information content (AvgIpc) is 2.56. The molecule has 0 fully saturated rings. The molecule has 0 saturated heterocycles. The molecule has 2 rings (SSSR count). The van der Waals surface area contributed by atoms with Gasteiger partial charge < -0.3 is 10.1 Å². The summed E-state index contributed by atoms with van der Waals surface area (Å²) in [7, 11) is -2.13. The van der Waals surface area contributed by atoms with Crippen LogP contribution in [-0.2, 0) is 20.4 Å². The first-order valence-electron chi connectivity index (χ1n) is 7.54. The highest BCUT2D eigenvalue weighted by Crippen LogP contribution is 2.24. The summed E-state index contributed by atoms with van der Waals surface area (Å²) in [6.45, 7) is 3.33. The third-order valence-electron chi connectivity index (χ3n) is 3.76. The fourth-order valence-electron chi connectivity index (χ4n) is 2.19. The van der Waals surface area contributed by atoms with Crippen molar-refractivity contribution >= 4 is 21.4 Å². The van der Waals surface area contributed by atoms with Gasteiger partial charge in [-0.3, -0.25) is 4.79 Å². The number of carbonyl (C=O) groups is 1. The highest BCUT2D eigenvalue weighted by Gasteiger charge is 2.28. The van der Waals surface area contributed by atoms with Crippen LogP contribution in [0.15, 0.2) is 48.5 Å². The summed E-state index contributed by atoms with van der Waals surface area (Å²) in [5.41, 5.74) is 2.16. The molecule has 0 aliphatic heterocycles. The average molecular weight is 347 g/mol. The van der Waals surface area contributed by atoms with Crippen LogP contribution < -0.4 is 10.1 Å². The molecule has 0 aromatic heterocycles. The van der Waals surface area contributed by atoms with Gasteiger partial charge in [-0.25, -0.2) is 8.42 Å². The lowest BCUT2D eigenvalue weighted by molar-refractivity contribution is -0.115. The Morgan fingerprint density at radius 2 is 1.75 bits per heavy atom. The predicted octanol–water partition coefficient (Wildman–Crippen LogP) is 2.95. The van der Waals surface area contributed by atoms with Gasteiger partial charge in [-0.05, 0) is 31.5 Å². The molecule has 0 heterocycles. The molecule has 2 aromatic carbocycles. The number of aryl methyl sites for hydroxylation is 1. The summed E-state index contributed by atoms with van der Waals surface area (Å²) in [5, 5.41) is 1.46. The lowest BCUT2D eigenvalue weighted by Crippen LogP contribution is -2.33. The first-order chi connectivity index (χ1) is 11.3. The molecule has 0 aliphatic rings. The van der Waals surface area contributed by atoms with Gasteiger partial charge in [0.15, 0.2) is 9.84 Å². The maximum Gasteiger partial charge on any atom is 0.242 e. The van der Waals surface area contributed by atoms with Gasteiger partial charge in [0.05, 0.1) is 18.6 Å². The van der Waals surface area contributed by atoms with Crippen LogP contribution in [0.3, 0.4) is 0 Å². The minimum absolute atomic E-state index is 0.173.